The zero-order chi connectivity index (χ0) is 20.6. The molecule has 0 aliphatic rings. The van der Waals surface area contributed by atoms with Crippen LogP contribution in [0.3, 0.4) is 0 Å². The molecule has 0 fully saturated rings. The lowest BCUT2D eigenvalue weighted by molar-refractivity contribution is -0.136. The number of benzene rings is 2. The van der Waals surface area contributed by atoms with E-state index in [0.29, 0.717) is 33.2 Å². The molecule has 0 heterocycles. The fraction of sp³-hybridized carbons (Fsp3) is 0.250. The van der Waals surface area contributed by atoms with E-state index in [0.717, 1.165) is 5.56 Å². The van der Waals surface area contributed by atoms with Gasteiger partial charge in [-0.05, 0) is 43.5 Å². The van der Waals surface area contributed by atoms with E-state index in [2.05, 4.69) is 0 Å². The minimum absolute atomic E-state index is 0.00236. The molecule has 27 heavy (non-hydrogen) atoms. The Labute approximate surface area is 167 Å². The quantitative estimate of drug-likeness (QED) is 0.694. The maximum Gasteiger partial charge on any atom is 0.307 e. The van der Waals surface area contributed by atoms with E-state index in [1.807, 2.05) is 0 Å². The molecule has 0 aromatic heterocycles. The molecule has 0 unspecified atom stereocenters. The molecule has 0 saturated heterocycles. The monoisotopic (exact) mass is 410 g/mol. The second-order valence-electron chi connectivity index (χ2n) is 5.77. The van der Waals surface area contributed by atoms with Gasteiger partial charge in [0.15, 0.2) is 11.6 Å². The number of carbonyl (C=O) groups excluding carboxylic acids is 2. The summed E-state index contributed by atoms with van der Waals surface area (Å²) in [5.74, 6) is -1.03. The SMILES string of the molecule is CC(=O)c1ccc(CC(=O)O)c(Cl)c1.CC(=O)c1ccc(CCO)c(Cl)c1. The van der Waals surface area contributed by atoms with Gasteiger partial charge in [-0.1, -0.05) is 47.5 Å². The van der Waals surface area contributed by atoms with E-state index < -0.39 is 5.97 Å². The molecule has 0 aliphatic heterocycles. The summed E-state index contributed by atoms with van der Waals surface area (Å²) >= 11 is 11.7. The Morgan fingerprint density at radius 2 is 1.30 bits per heavy atom. The fourth-order valence-corrected chi connectivity index (χ4v) is 2.68. The molecule has 2 N–H and O–H groups in total. The van der Waals surface area contributed by atoms with E-state index in [4.69, 9.17) is 33.4 Å². The van der Waals surface area contributed by atoms with Crippen LogP contribution in [0.2, 0.25) is 10.0 Å². The van der Waals surface area contributed by atoms with Crippen molar-refractivity contribution in [3.8, 4) is 0 Å². The van der Waals surface area contributed by atoms with Crippen LogP contribution in [0.25, 0.3) is 0 Å². The molecule has 2 rings (SSSR count). The second-order valence-corrected chi connectivity index (χ2v) is 6.58. The summed E-state index contributed by atoms with van der Waals surface area (Å²) in [5.41, 5.74) is 2.48. The number of halogens is 2. The van der Waals surface area contributed by atoms with Crippen molar-refractivity contribution < 1.29 is 24.6 Å². The highest BCUT2D eigenvalue weighted by molar-refractivity contribution is 6.32. The van der Waals surface area contributed by atoms with Crippen molar-refractivity contribution >= 4 is 40.7 Å². The molecule has 0 amide bonds. The highest BCUT2D eigenvalue weighted by Crippen LogP contribution is 2.19. The number of aliphatic carboxylic acids is 1. The summed E-state index contributed by atoms with van der Waals surface area (Å²) in [4.78, 5) is 32.3. The minimum atomic E-state index is -0.942. The largest absolute Gasteiger partial charge is 0.481 e. The summed E-state index contributed by atoms with van der Waals surface area (Å²) < 4.78 is 0. The lowest BCUT2D eigenvalue weighted by Crippen LogP contribution is -2.01. The Bertz CT molecular complexity index is 846. The summed E-state index contributed by atoms with van der Waals surface area (Å²) in [6.45, 7) is 3.00. The van der Waals surface area contributed by atoms with Crippen LogP contribution in [-0.2, 0) is 17.6 Å². The summed E-state index contributed by atoms with van der Waals surface area (Å²) in [5, 5.41) is 18.1. The molecule has 0 atom stereocenters. The third-order valence-corrected chi connectivity index (χ3v) is 4.35. The van der Waals surface area contributed by atoms with Crippen molar-refractivity contribution in [2.75, 3.05) is 6.61 Å². The molecule has 5 nitrogen and oxygen atoms in total. The number of aliphatic hydroxyl groups excluding tert-OH is 1. The fourth-order valence-electron chi connectivity index (χ4n) is 2.16. The van der Waals surface area contributed by atoms with Crippen molar-refractivity contribution in [2.45, 2.75) is 26.7 Å². The van der Waals surface area contributed by atoms with Crippen molar-refractivity contribution in [1.82, 2.24) is 0 Å². The smallest absolute Gasteiger partial charge is 0.307 e. The molecule has 2 aromatic rings. The molecule has 0 aliphatic carbocycles. The number of carboxylic acid groups (broad SMARTS) is 1. The van der Waals surface area contributed by atoms with Gasteiger partial charge in [0.05, 0.1) is 6.42 Å². The molecule has 144 valence electrons. The standard InChI is InChI=1S/C10H9ClO3.C10H11ClO2/c1-6(12)7-2-3-8(5-10(13)14)9(11)4-7;1-7(13)9-3-2-8(4-5-12)10(11)6-9/h2-4H,5H2,1H3,(H,13,14);2-3,6,12H,4-5H2,1H3. The van der Waals surface area contributed by atoms with Crippen LogP contribution < -0.4 is 0 Å². The molecular formula is C20H20Cl2O5. The molecule has 0 radical (unpaired) electrons. The van der Waals surface area contributed by atoms with Gasteiger partial charge in [0, 0.05) is 27.8 Å². The Hall–Kier alpha value is -2.21. The van der Waals surface area contributed by atoms with E-state index in [1.54, 1.807) is 30.3 Å². The first-order valence-electron chi connectivity index (χ1n) is 8.07. The van der Waals surface area contributed by atoms with Gasteiger partial charge in [0.2, 0.25) is 0 Å². The van der Waals surface area contributed by atoms with Gasteiger partial charge in [-0.15, -0.1) is 0 Å². The molecule has 0 saturated carbocycles. The number of hydrogen-bond acceptors (Lipinski definition) is 4. The van der Waals surface area contributed by atoms with E-state index in [1.165, 1.54) is 19.9 Å². The van der Waals surface area contributed by atoms with Gasteiger partial charge in [0.25, 0.3) is 0 Å². The number of carboxylic acids is 1. The highest BCUT2D eigenvalue weighted by atomic mass is 35.5. The van der Waals surface area contributed by atoms with Crippen molar-refractivity contribution in [3.05, 3.63) is 68.7 Å². The van der Waals surface area contributed by atoms with Gasteiger partial charge in [-0.2, -0.15) is 0 Å². The Morgan fingerprint density at radius 1 is 0.852 bits per heavy atom. The van der Waals surface area contributed by atoms with Crippen LogP contribution in [0.4, 0.5) is 0 Å². The predicted molar refractivity (Wildman–Crippen MR) is 105 cm³/mol. The average Bonchev–Trinajstić information content (AvgIpc) is 2.58. The third kappa shape index (κ3) is 7.51. The topological polar surface area (TPSA) is 91.7 Å². The number of carbonyl (C=O) groups is 3. The molecule has 2 aromatic carbocycles. The van der Waals surface area contributed by atoms with Gasteiger partial charge in [0.1, 0.15) is 0 Å². The van der Waals surface area contributed by atoms with Gasteiger partial charge in [-0.3, -0.25) is 14.4 Å². The number of Topliss-reactive ketones (excluding diaryl/α,β-unsaturated/α-hetero) is 2. The van der Waals surface area contributed by atoms with Crippen molar-refractivity contribution in [2.24, 2.45) is 0 Å². The number of rotatable bonds is 6. The minimum Gasteiger partial charge on any atom is -0.481 e. The first kappa shape index (κ1) is 22.8. The Balaban J connectivity index is 0.000000271. The van der Waals surface area contributed by atoms with Crippen molar-refractivity contribution in [1.29, 1.82) is 0 Å². The molecular weight excluding hydrogens is 391 g/mol. The zero-order valence-corrected chi connectivity index (χ0v) is 16.5. The van der Waals surface area contributed by atoms with Crippen LogP contribution in [0.5, 0.6) is 0 Å². The van der Waals surface area contributed by atoms with E-state index in [-0.39, 0.29) is 24.6 Å². The number of ketones is 2. The second kappa shape index (κ2) is 10.8. The van der Waals surface area contributed by atoms with Crippen LogP contribution in [0.15, 0.2) is 36.4 Å². The molecule has 0 spiro atoms. The third-order valence-electron chi connectivity index (χ3n) is 3.64. The normalized spacial score (nSPS) is 9.96. The van der Waals surface area contributed by atoms with Gasteiger partial charge >= 0.3 is 5.97 Å². The maximum atomic E-state index is 11.0. The van der Waals surface area contributed by atoms with Crippen LogP contribution in [0.1, 0.15) is 45.7 Å². The molecule has 0 bridgehead atoms. The van der Waals surface area contributed by atoms with E-state index >= 15 is 0 Å². The highest BCUT2D eigenvalue weighted by Gasteiger charge is 2.08. The lowest BCUT2D eigenvalue weighted by atomic mass is 10.1. The lowest BCUT2D eigenvalue weighted by Gasteiger charge is -2.03. The van der Waals surface area contributed by atoms with Crippen LogP contribution in [-0.4, -0.2) is 34.4 Å². The summed E-state index contributed by atoms with van der Waals surface area (Å²) in [7, 11) is 0. The Morgan fingerprint density at radius 3 is 1.63 bits per heavy atom. The van der Waals surface area contributed by atoms with Gasteiger partial charge in [-0.25, -0.2) is 0 Å². The van der Waals surface area contributed by atoms with Crippen LogP contribution in [0, 0.1) is 0 Å². The average molecular weight is 411 g/mol. The predicted octanol–water partition coefficient (Wildman–Crippen LogP) is 4.25. The van der Waals surface area contributed by atoms with Crippen molar-refractivity contribution in [3.63, 3.8) is 0 Å². The first-order chi connectivity index (χ1) is 12.6. The summed E-state index contributed by atoms with van der Waals surface area (Å²) in [6.07, 6.45) is 0.397. The maximum absolute atomic E-state index is 11.0. The summed E-state index contributed by atoms with van der Waals surface area (Å²) in [6, 6.07) is 9.76. The zero-order valence-electron chi connectivity index (χ0n) is 15.0. The van der Waals surface area contributed by atoms with Crippen LogP contribution >= 0.6 is 23.2 Å². The first-order valence-corrected chi connectivity index (χ1v) is 8.82. The number of aliphatic hydroxyl groups is 1. The van der Waals surface area contributed by atoms with Gasteiger partial charge < -0.3 is 10.2 Å². The Kier molecular flexibility index (Phi) is 9.15. The number of hydrogen-bond donors (Lipinski definition) is 2. The van der Waals surface area contributed by atoms with E-state index in [9.17, 15) is 14.4 Å². The molecule has 7 heteroatoms.